The van der Waals surface area contributed by atoms with Gasteiger partial charge < -0.3 is 9.84 Å². The van der Waals surface area contributed by atoms with Crippen molar-refractivity contribution in [3.63, 3.8) is 0 Å². The Morgan fingerprint density at radius 2 is 2.35 bits per heavy atom. The Balaban J connectivity index is 2.94. The van der Waals surface area contributed by atoms with Gasteiger partial charge in [-0.25, -0.2) is 0 Å². The van der Waals surface area contributed by atoms with E-state index in [0.29, 0.717) is 13.0 Å². The molecule has 0 aromatic heterocycles. The van der Waals surface area contributed by atoms with Gasteiger partial charge in [0.25, 0.3) is 0 Å². The molecule has 0 saturated carbocycles. The molecule has 0 saturated heterocycles. The van der Waals surface area contributed by atoms with Gasteiger partial charge in [-0.1, -0.05) is 25.2 Å². The molecule has 0 aromatic carbocycles. The van der Waals surface area contributed by atoms with Gasteiger partial charge in [-0.3, -0.25) is 4.79 Å². The molecule has 0 heterocycles. The number of ether oxygens (including phenoxy) is 1. The minimum absolute atomic E-state index is 0.394. The van der Waals surface area contributed by atoms with Crippen LogP contribution < -0.4 is 0 Å². The van der Waals surface area contributed by atoms with Crippen LogP contribution in [0, 0.1) is 5.92 Å². The van der Waals surface area contributed by atoms with Gasteiger partial charge in [0, 0.05) is 7.11 Å². The molecule has 0 radical (unpaired) electrons. The molecule has 0 aliphatic heterocycles. The molecule has 94 valence electrons. The van der Waals surface area contributed by atoms with Crippen LogP contribution in [0.15, 0.2) is 34.9 Å². The Hall–Kier alpha value is -1.35. The highest BCUT2D eigenvalue weighted by Crippen LogP contribution is 2.36. The molecule has 17 heavy (non-hydrogen) atoms. The van der Waals surface area contributed by atoms with Crippen LogP contribution >= 0.6 is 0 Å². The maximum absolute atomic E-state index is 11.2. The van der Waals surface area contributed by atoms with E-state index in [4.69, 9.17) is 4.74 Å². The van der Waals surface area contributed by atoms with Gasteiger partial charge in [-0.05, 0) is 36.5 Å². The van der Waals surface area contributed by atoms with E-state index in [1.54, 1.807) is 7.11 Å². The van der Waals surface area contributed by atoms with Crippen LogP contribution in [0.1, 0.15) is 26.7 Å². The number of hydrogen-bond donors (Lipinski definition) is 1. The van der Waals surface area contributed by atoms with E-state index in [2.05, 4.69) is 0 Å². The predicted molar refractivity (Wildman–Crippen MR) is 67.8 cm³/mol. The van der Waals surface area contributed by atoms with E-state index in [1.165, 1.54) is 5.57 Å². The lowest BCUT2D eigenvalue weighted by Crippen LogP contribution is -2.15. The number of carboxylic acids is 1. The SMILES string of the molecule is C/C=C1/C(C(CC)C(=O)O)=CC/C1=C/COC. The first-order chi connectivity index (χ1) is 8.15. The third kappa shape index (κ3) is 3.07. The van der Waals surface area contributed by atoms with E-state index in [0.717, 1.165) is 17.6 Å². The van der Waals surface area contributed by atoms with E-state index >= 15 is 0 Å². The maximum atomic E-state index is 11.2. The van der Waals surface area contributed by atoms with Crippen molar-refractivity contribution in [2.24, 2.45) is 5.92 Å². The lowest BCUT2D eigenvalue weighted by Gasteiger charge is -2.14. The number of rotatable bonds is 5. The molecular weight excluding hydrogens is 216 g/mol. The standard InChI is InChI=1S/C14H20O3/c1-4-11-10(8-9-17-3)6-7-13(11)12(5-2)14(15)16/h4,7-8,12H,5-6,9H2,1-3H3,(H,15,16)/b10-8-,11-4+. The summed E-state index contributed by atoms with van der Waals surface area (Å²) < 4.78 is 5.02. The summed E-state index contributed by atoms with van der Waals surface area (Å²) in [7, 11) is 1.65. The first-order valence-corrected chi connectivity index (χ1v) is 5.93. The van der Waals surface area contributed by atoms with Gasteiger partial charge >= 0.3 is 5.97 Å². The zero-order chi connectivity index (χ0) is 12.8. The number of hydrogen-bond acceptors (Lipinski definition) is 2. The Kier molecular flexibility index (Phi) is 5.16. The van der Waals surface area contributed by atoms with Crippen LogP contribution in [-0.4, -0.2) is 24.8 Å². The number of methoxy groups -OCH3 is 1. The quantitative estimate of drug-likeness (QED) is 0.798. The fourth-order valence-electron chi connectivity index (χ4n) is 2.21. The normalized spacial score (nSPS) is 21.9. The fraction of sp³-hybridized carbons (Fsp3) is 0.500. The average molecular weight is 236 g/mol. The minimum atomic E-state index is -0.744. The third-order valence-electron chi connectivity index (χ3n) is 3.07. The molecule has 0 spiro atoms. The summed E-state index contributed by atoms with van der Waals surface area (Å²) in [5.74, 6) is -1.14. The van der Waals surface area contributed by atoms with Crippen LogP contribution in [0.5, 0.6) is 0 Å². The number of aliphatic carboxylic acids is 1. The van der Waals surface area contributed by atoms with Gasteiger partial charge in [0.1, 0.15) is 0 Å². The molecule has 0 aromatic rings. The summed E-state index contributed by atoms with van der Waals surface area (Å²) in [5.41, 5.74) is 3.19. The molecule has 1 rings (SSSR count). The van der Waals surface area contributed by atoms with Crippen LogP contribution in [0.25, 0.3) is 0 Å². The molecule has 0 amide bonds. The lowest BCUT2D eigenvalue weighted by molar-refractivity contribution is -0.140. The summed E-state index contributed by atoms with van der Waals surface area (Å²) in [5, 5.41) is 9.20. The zero-order valence-electron chi connectivity index (χ0n) is 10.7. The highest BCUT2D eigenvalue weighted by molar-refractivity contribution is 5.77. The summed E-state index contributed by atoms with van der Waals surface area (Å²) >= 11 is 0. The van der Waals surface area contributed by atoms with Gasteiger partial charge in [-0.2, -0.15) is 0 Å². The molecule has 0 fully saturated rings. The smallest absolute Gasteiger partial charge is 0.310 e. The van der Waals surface area contributed by atoms with Crippen LogP contribution in [0.2, 0.25) is 0 Å². The van der Waals surface area contributed by atoms with Crippen LogP contribution in [-0.2, 0) is 9.53 Å². The zero-order valence-corrected chi connectivity index (χ0v) is 10.7. The van der Waals surface area contributed by atoms with E-state index in [9.17, 15) is 9.90 Å². The molecule has 1 atom stereocenters. The van der Waals surface area contributed by atoms with Crippen molar-refractivity contribution in [2.75, 3.05) is 13.7 Å². The summed E-state index contributed by atoms with van der Waals surface area (Å²) in [6.45, 7) is 4.42. The first kappa shape index (κ1) is 13.7. The molecule has 1 aliphatic rings. The summed E-state index contributed by atoms with van der Waals surface area (Å²) in [6.07, 6.45) is 7.47. The van der Waals surface area contributed by atoms with Crippen molar-refractivity contribution < 1.29 is 14.6 Å². The van der Waals surface area contributed by atoms with Crippen molar-refractivity contribution in [1.29, 1.82) is 0 Å². The van der Waals surface area contributed by atoms with Gasteiger partial charge in [0.2, 0.25) is 0 Å². The van der Waals surface area contributed by atoms with E-state index in [-0.39, 0.29) is 0 Å². The number of carbonyl (C=O) groups is 1. The van der Waals surface area contributed by atoms with Crippen molar-refractivity contribution in [3.05, 3.63) is 34.9 Å². The van der Waals surface area contributed by atoms with Crippen molar-refractivity contribution in [1.82, 2.24) is 0 Å². The molecule has 1 unspecified atom stereocenters. The van der Waals surface area contributed by atoms with Crippen molar-refractivity contribution in [3.8, 4) is 0 Å². The topological polar surface area (TPSA) is 46.5 Å². The van der Waals surface area contributed by atoms with Crippen molar-refractivity contribution >= 4 is 5.97 Å². The number of allylic oxidation sites excluding steroid dienone is 4. The fourth-order valence-corrected chi connectivity index (χ4v) is 2.21. The molecule has 1 aliphatic carbocycles. The summed E-state index contributed by atoms with van der Waals surface area (Å²) in [4.78, 5) is 11.2. The molecular formula is C14H20O3. The Morgan fingerprint density at radius 1 is 1.65 bits per heavy atom. The molecule has 3 nitrogen and oxygen atoms in total. The third-order valence-corrected chi connectivity index (χ3v) is 3.07. The molecule has 1 N–H and O–H groups in total. The summed E-state index contributed by atoms with van der Waals surface area (Å²) in [6, 6.07) is 0. The highest BCUT2D eigenvalue weighted by Gasteiger charge is 2.27. The average Bonchev–Trinajstić information content (AvgIpc) is 2.69. The van der Waals surface area contributed by atoms with Crippen LogP contribution in [0.3, 0.4) is 0 Å². The molecule has 0 bridgehead atoms. The second-order valence-corrected chi connectivity index (χ2v) is 4.05. The second-order valence-electron chi connectivity index (χ2n) is 4.05. The Morgan fingerprint density at radius 3 is 2.82 bits per heavy atom. The van der Waals surface area contributed by atoms with E-state index in [1.807, 2.05) is 32.1 Å². The van der Waals surface area contributed by atoms with E-state index < -0.39 is 11.9 Å². The maximum Gasteiger partial charge on any atom is 0.310 e. The lowest BCUT2D eigenvalue weighted by atomic mass is 9.91. The first-order valence-electron chi connectivity index (χ1n) is 5.93. The largest absolute Gasteiger partial charge is 0.481 e. The minimum Gasteiger partial charge on any atom is -0.481 e. The highest BCUT2D eigenvalue weighted by atomic mass is 16.5. The monoisotopic (exact) mass is 236 g/mol. The van der Waals surface area contributed by atoms with Gasteiger partial charge in [0.05, 0.1) is 12.5 Å². The second kappa shape index (κ2) is 6.40. The van der Waals surface area contributed by atoms with Crippen LogP contribution in [0.4, 0.5) is 0 Å². The Bertz CT molecular complexity index is 375. The number of carboxylic acid groups (broad SMARTS) is 1. The molecule has 3 heteroatoms. The van der Waals surface area contributed by atoms with Gasteiger partial charge in [-0.15, -0.1) is 0 Å². The van der Waals surface area contributed by atoms with Crippen molar-refractivity contribution in [2.45, 2.75) is 26.7 Å². The predicted octanol–water partition coefficient (Wildman–Crippen LogP) is 2.95. The Labute approximate surface area is 102 Å². The van der Waals surface area contributed by atoms with Gasteiger partial charge in [0.15, 0.2) is 0 Å².